The van der Waals surface area contributed by atoms with Crippen molar-refractivity contribution in [1.82, 2.24) is 9.80 Å². The van der Waals surface area contributed by atoms with Gasteiger partial charge in [-0.2, -0.15) is 0 Å². The minimum atomic E-state index is -0.221. The summed E-state index contributed by atoms with van der Waals surface area (Å²) < 4.78 is 5.30. The molecule has 4 nitrogen and oxygen atoms in total. The van der Waals surface area contributed by atoms with Gasteiger partial charge in [0.1, 0.15) is 0 Å². The van der Waals surface area contributed by atoms with E-state index in [4.69, 9.17) is 4.74 Å². The Bertz CT molecular complexity index is 408. The Balaban J connectivity index is 1.63. The van der Waals surface area contributed by atoms with Crippen molar-refractivity contribution in [3.05, 3.63) is 35.9 Å². The number of carbonyl (C=O) groups excluding carboxylic acids is 1. The van der Waals surface area contributed by atoms with Gasteiger partial charge in [0, 0.05) is 19.6 Å². The van der Waals surface area contributed by atoms with Crippen molar-refractivity contribution < 1.29 is 9.53 Å². The second-order valence-electron chi connectivity index (χ2n) is 5.35. The third-order valence-corrected chi connectivity index (χ3v) is 3.67. The van der Waals surface area contributed by atoms with Gasteiger partial charge in [-0.05, 0) is 45.1 Å². The van der Waals surface area contributed by atoms with E-state index in [-0.39, 0.29) is 5.97 Å². The molecule has 1 fully saturated rings. The molecule has 0 aliphatic carbocycles. The summed E-state index contributed by atoms with van der Waals surface area (Å²) in [5, 5.41) is 0. The fourth-order valence-corrected chi connectivity index (χ4v) is 2.43. The van der Waals surface area contributed by atoms with Gasteiger partial charge in [0.05, 0.1) is 12.2 Å². The number of esters is 1. The first-order valence-electron chi connectivity index (χ1n) is 7.39. The molecular weight excluding hydrogens is 252 g/mol. The first-order chi connectivity index (χ1) is 9.75. The van der Waals surface area contributed by atoms with Gasteiger partial charge in [0.2, 0.25) is 0 Å². The van der Waals surface area contributed by atoms with Gasteiger partial charge in [-0.25, -0.2) is 4.79 Å². The van der Waals surface area contributed by atoms with Crippen LogP contribution < -0.4 is 0 Å². The zero-order valence-corrected chi connectivity index (χ0v) is 12.3. The van der Waals surface area contributed by atoms with Gasteiger partial charge >= 0.3 is 5.97 Å². The molecule has 20 heavy (non-hydrogen) atoms. The Morgan fingerprint density at radius 1 is 1.15 bits per heavy atom. The maximum atomic E-state index is 11.8. The zero-order chi connectivity index (χ0) is 14.2. The number of carbonyl (C=O) groups is 1. The highest BCUT2D eigenvalue weighted by Gasteiger charge is 2.12. The summed E-state index contributed by atoms with van der Waals surface area (Å²) in [6.07, 6.45) is 2.13. The Kier molecular flexibility index (Phi) is 6.02. The first kappa shape index (κ1) is 15.0. The Morgan fingerprint density at radius 3 is 2.75 bits per heavy atom. The largest absolute Gasteiger partial charge is 0.462 e. The van der Waals surface area contributed by atoms with Crippen LogP contribution in [0.25, 0.3) is 0 Å². The normalized spacial score (nSPS) is 17.6. The van der Waals surface area contributed by atoms with E-state index in [0.717, 1.165) is 32.6 Å². The van der Waals surface area contributed by atoms with E-state index < -0.39 is 0 Å². The minimum Gasteiger partial charge on any atom is -0.462 e. The number of likely N-dealkylation sites (N-methyl/N-ethyl adjacent to an activating group) is 1. The molecule has 0 radical (unpaired) electrons. The molecule has 0 bridgehead atoms. The van der Waals surface area contributed by atoms with Crippen LogP contribution in [0, 0.1) is 0 Å². The van der Waals surface area contributed by atoms with Crippen LogP contribution in [0.3, 0.4) is 0 Å². The number of ether oxygens (including phenoxy) is 1. The van der Waals surface area contributed by atoms with Crippen molar-refractivity contribution in [1.29, 1.82) is 0 Å². The second-order valence-corrected chi connectivity index (χ2v) is 5.35. The number of hydrogen-bond acceptors (Lipinski definition) is 4. The Labute approximate surface area is 121 Å². The van der Waals surface area contributed by atoms with Gasteiger partial charge in [0.15, 0.2) is 0 Å². The quantitative estimate of drug-likeness (QED) is 0.607. The number of rotatable bonds is 5. The van der Waals surface area contributed by atoms with Gasteiger partial charge in [0.25, 0.3) is 0 Å². The third kappa shape index (κ3) is 4.94. The summed E-state index contributed by atoms with van der Waals surface area (Å²) in [4.78, 5) is 16.6. The number of benzene rings is 1. The van der Waals surface area contributed by atoms with Gasteiger partial charge in [-0.3, -0.25) is 0 Å². The Hall–Kier alpha value is -1.39. The summed E-state index contributed by atoms with van der Waals surface area (Å²) in [7, 11) is 2.17. The van der Waals surface area contributed by atoms with Crippen molar-refractivity contribution in [2.24, 2.45) is 0 Å². The van der Waals surface area contributed by atoms with E-state index in [1.807, 2.05) is 18.2 Å². The van der Waals surface area contributed by atoms with Crippen molar-refractivity contribution in [2.75, 3.05) is 46.4 Å². The summed E-state index contributed by atoms with van der Waals surface area (Å²) in [5.41, 5.74) is 0.629. The SMILES string of the molecule is CN1CCCN(CCCOC(=O)c2ccccc2)CC1. The molecule has 1 aromatic carbocycles. The third-order valence-electron chi connectivity index (χ3n) is 3.67. The number of hydrogen-bond donors (Lipinski definition) is 0. The lowest BCUT2D eigenvalue weighted by Crippen LogP contribution is -2.30. The summed E-state index contributed by atoms with van der Waals surface area (Å²) >= 11 is 0. The molecule has 1 aromatic rings. The lowest BCUT2D eigenvalue weighted by Gasteiger charge is -2.19. The van der Waals surface area contributed by atoms with Crippen molar-refractivity contribution in [2.45, 2.75) is 12.8 Å². The monoisotopic (exact) mass is 276 g/mol. The summed E-state index contributed by atoms with van der Waals surface area (Å²) in [6.45, 7) is 6.08. The fraction of sp³-hybridized carbons (Fsp3) is 0.562. The van der Waals surface area contributed by atoms with Crippen LogP contribution in [0.15, 0.2) is 30.3 Å². The van der Waals surface area contributed by atoms with Gasteiger partial charge < -0.3 is 14.5 Å². The highest BCUT2D eigenvalue weighted by atomic mass is 16.5. The molecule has 1 saturated heterocycles. The molecule has 1 aliphatic heterocycles. The molecule has 0 amide bonds. The van der Waals surface area contributed by atoms with Crippen LogP contribution in [-0.2, 0) is 4.74 Å². The lowest BCUT2D eigenvalue weighted by atomic mass is 10.2. The van der Waals surface area contributed by atoms with Crippen LogP contribution in [0.4, 0.5) is 0 Å². The maximum Gasteiger partial charge on any atom is 0.338 e. The Morgan fingerprint density at radius 2 is 1.95 bits per heavy atom. The van der Waals surface area contributed by atoms with Crippen LogP contribution in [0.2, 0.25) is 0 Å². The van der Waals surface area contributed by atoms with Gasteiger partial charge in [-0.1, -0.05) is 18.2 Å². The van der Waals surface area contributed by atoms with Crippen LogP contribution in [-0.4, -0.2) is 62.1 Å². The van der Waals surface area contributed by atoms with E-state index in [1.165, 1.54) is 13.0 Å². The molecule has 0 atom stereocenters. The van der Waals surface area contributed by atoms with E-state index in [9.17, 15) is 4.79 Å². The second kappa shape index (κ2) is 8.02. The van der Waals surface area contributed by atoms with Crippen molar-refractivity contribution in [3.8, 4) is 0 Å². The maximum absolute atomic E-state index is 11.8. The average molecular weight is 276 g/mol. The molecule has 0 N–H and O–H groups in total. The average Bonchev–Trinajstić information content (AvgIpc) is 2.69. The molecule has 0 aromatic heterocycles. The summed E-state index contributed by atoms with van der Waals surface area (Å²) in [6, 6.07) is 9.17. The highest BCUT2D eigenvalue weighted by Crippen LogP contribution is 2.04. The minimum absolute atomic E-state index is 0.221. The van der Waals surface area contributed by atoms with Crippen LogP contribution in [0.1, 0.15) is 23.2 Å². The van der Waals surface area contributed by atoms with E-state index in [2.05, 4.69) is 16.8 Å². The van der Waals surface area contributed by atoms with E-state index >= 15 is 0 Å². The van der Waals surface area contributed by atoms with Crippen molar-refractivity contribution >= 4 is 5.97 Å². The molecule has 2 rings (SSSR count). The summed E-state index contributed by atoms with van der Waals surface area (Å²) in [5.74, 6) is -0.221. The molecule has 0 spiro atoms. The predicted octanol–water partition coefficient (Wildman–Crippen LogP) is 1.87. The molecule has 0 unspecified atom stereocenters. The molecule has 110 valence electrons. The van der Waals surface area contributed by atoms with Crippen LogP contribution in [0.5, 0.6) is 0 Å². The van der Waals surface area contributed by atoms with E-state index in [0.29, 0.717) is 12.2 Å². The molecule has 1 aliphatic rings. The molecule has 4 heteroatoms. The van der Waals surface area contributed by atoms with Crippen molar-refractivity contribution in [3.63, 3.8) is 0 Å². The van der Waals surface area contributed by atoms with Gasteiger partial charge in [-0.15, -0.1) is 0 Å². The zero-order valence-electron chi connectivity index (χ0n) is 12.3. The fourth-order valence-electron chi connectivity index (χ4n) is 2.43. The number of nitrogens with zero attached hydrogens (tertiary/aromatic N) is 2. The molecular formula is C16H24N2O2. The smallest absolute Gasteiger partial charge is 0.338 e. The van der Waals surface area contributed by atoms with Crippen LogP contribution >= 0.6 is 0 Å². The predicted molar refractivity (Wildman–Crippen MR) is 79.9 cm³/mol. The lowest BCUT2D eigenvalue weighted by molar-refractivity contribution is 0.0488. The molecule has 1 heterocycles. The van der Waals surface area contributed by atoms with E-state index in [1.54, 1.807) is 12.1 Å². The standard InChI is InChI=1S/C16H24N2O2/c1-17-9-5-10-18(13-12-17)11-6-14-20-16(19)15-7-3-2-4-8-15/h2-4,7-8H,5-6,9-14H2,1H3. The highest BCUT2D eigenvalue weighted by molar-refractivity contribution is 5.89. The molecule has 0 saturated carbocycles. The topological polar surface area (TPSA) is 32.8 Å². The first-order valence-corrected chi connectivity index (χ1v) is 7.39.